The van der Waals surface area contributed by atoms with Crippen LogP contribution in [0.25, 0.3) is 0 Å². The number of hydrogen-bond donors (Lipinski definition) is 2. The minimum atomic E-state index is -0.566. The van der Waals surface area contributed by atoms with Crippen LogP contribution in [0.2, 0.25) is 0 Å². The Labute approximate surface area is 138 Å². The van der Waals surface area contributed by atoms with Gasteiger partial charge in [0, 0.05) is 31.1 Å². The van der Waals surface area contributed by atoms with E-state index < -0.39 is 5.82 Å². The number of urea groups is 1. The Morgan fingerprint density at radius 1 is 1.38 bits per heavy atom. The number of methoxy groups -OCH3 is 1. The Hall–Kier alpha value is -2.87. The molecule has 0 radical (unpaired) electrons. The van der Waals surface area contributed by atoms with Gasteiger partial charge in [-0.1, -0.05) is 0 Å². The number of halogens is 1. The Bertz CT molecular complexity index is 750. The van der Waals surface area contributed by atoms with Crippen molar-refractivity contribution in [2.45, 2.75) is 6.10 Å². The molecule has 1 fully saturated rings. The average Bonchev–Trinajstić information content (AvgIpc) is 2.49. The molecule has 0 bridgehead atoms. The minimum Gasteiger partial charge on any atom is -0.454 e. The fraction of sp³-hybridized carbons (Fsp3) is 0.250. The lowest BCUT2D eigenvalue weighted by Crippen LogP contribution is -2.55. The number of amides is 2. The second kappa shape index (κ2) is 6.71. The Morgan fingerprint density at radius 3 is 2.88 bits per heavy atom. The number of aromatic nitrogens is 1. The number of ether oxygens (including phenoxy) is 2. The number of hydrogen-bond acceptors (Lipinski definition) is 5. The summed E-state index contributed by atoms with van der Waals surface area (Å²) in [5, 5.41) is 2.66. The van der Waals surface area contributed by atoms with Crippen molar-refractivity contribution in [3.63, 3.8) is 0 Å². The van der Waals surface area contributed by atoms with E-state index in [1.165, 1.54) is 24.4 Å². The van der Waals surface area contributed by atoms with E-state index in [1.54, 1.807) is 24.1 Å². The van der Waals surface area contributed by atoms with Crippen molar-refractivity contribution in [1.29, 1.82) is 0 Å². The number of pyridine rings is 1. The zero-order chi connectivity index (χ0) is 17.1. The van der Waals surface area contributed by atoms with Gasteiger partial charge in [0.15, 0.2) is 11.6 Å². The van der Waals surface area contributed by atoms with Crippen LogP contribution in [0.5, 0.6) is 11.5 Å². The maximum Gasteiger partial charge on any atom is 0.323 e. The molecule has 0 saturated carbocycles. The van der Waals surface area contributed by atoms with Gasteiger partial charge in [0.25, 0.3) is 0 Å². The van der Waals surface area contributed by atoms with Gasteiger partial charge in [0.2, 0.25) is 0 Å². The van der Waals surface area contributed by atoms with E-state index in [-0.39, 0.29) is 17.9 Å². The molecule has 24 heavy (non-hydrogen) atoms. The molecule has 0 spiro atoms. The fourth-order valence-electron chi connectivity index (χ4n) is 2.21. The van der Waals surface area contributed by atoms with Gasteiger partial charge in [-0.3, -0.25) is 5.32 Å². The number of nitrogens with one attached hydrogen (secondary N) is 1. The smallest absolute Gasteiger partial charge is 0.323 e. The van der Waals surface area contributed by atoms with Crippen molar-refractivity contribution >= 4 is 17.5 Å². The highest BCUT2D eigenvalue weighted by Crippen LogP contribution is 2.27. The van der Waals surface area contributed by atoms with Crippen molar-refractivity contribution < 1.29 is 18.7 Å². The maximum absolute atomic E-state index is 13.8. The summed E-state index contributed by atoms with van der Waals surface area (Å²) in [5.74, 6) is 0.138. The van der Waals surface area contributed by atoms with Crippen molar-refractivity contribution in [2.75, 3.05) is 31.2 Å². The summed E-state index contributed by atoms with van der Waals surface area (Å²) in [6.45, 7) is 1.07. The molecular formula is C16H17FN4O3. The number of benzene rings is 1. The molecule has 0 unspecified atom stereocenters. The van der Waals surface area contributed by atoms with Crippen LogP contribution in [0, 0.1) is 5.82 Å². The first-order chi connectivity index (χ1) is 11.5. The Kier molecular flexibility index (Phi) is 4.48. The predicted octanol–water partition coefficient (Wildman–Crippen LogP) is 2.46. The normalized spacial score (nSPS) is 14.2. The van der Waals surface area contributed by atoms with E-state index in [4.69, 9.17) is 15.2 Å². The third-order valence-corrected chi connectivity index (χ3v) is 3.62. The van der Waals surface area contributed by atoms with E-state index in [1.807, 2.05) is 0 Å². The molecule has 3 N–H and O–H groups in total. The largest absolute Gasteiger partial charge is 0.454 e. The highest BCUT2D eigenvalue weighted by atomic mass is 19.1. The lowest BCUT2D eigenvalue weighted by Gasteiger charge is -2.37. The van der Waals surface area contributed by atoms with Crippen LogP contribution in [0.1, 0.15) is 0 Å². The van der Waals surface area contributed by atoms with E-state index in [9.17, 15) is 9.18 Å². The van der Waals surface area contributed by atoms with Gasteiger partial charge in [0.1, 0.15) is 11.6 Å². The van der Waals surface area contributed by atoms with Gasteiger partial charge in [-0.05, 0) is 18.2 Å². The first-order valence-corrected chi connectivity index (χ1v) is 7.33. The summed E-state index contributed by atoms with van der Waals surface area (Å²) < 4.78 is 24.4. The van der Waals surface area contributed by atoms with Gasteiger partial charge in [-0.25, -0.2) is 14.2 Å². The quantitative estimate of drug-likeness (QED) is 0.840. The van der Waals surface area contributed by atoms with Crippen molar-refractivity contribution in [1.82, 2.24) is 9.88 Å². The van der Waals surface area contributed by atoms with Crippen LogP contribution >= 0.6 is 0 Å². The van der Waals surface area contributed by atoms with Crippen LogP contribution in [0.4, 0.5) is 20.7 Å². The third-order valence-electron chi connectivity index (χ3n) is 3.62. The number of nitrogen functional groups attached to an aromatic ring is 1. The van der Waals surface area contributed by atoms with Crippen LogP contribution in [0.15, 0.2) is 36.5 Å². The molecule has 1 aliphatic rings. The molecule has 2 heterocycles. The zero-order valence-corrected chi connectivity index (χ0v) is 13.0. The summed E-state index contributed by atoms with van der Waals surface area (Å²) in [6, 6.07) is 6.96. The molecule has 8 heteroatoms. The summed E-state index contributed by atoms with van der Waals surface area (Å²) >= 11 is 0. The number of carbonyl (C=O) groups is 1. The van der Waals surface area contributed by atoms with E-state index in [0.29, 0.717) is 30.3 Å². The molecule has 0 aliphatic carbocycles. The highest BCUT2D eigenvalue weighted by Gasteiger charge is 2.30. The predicted molar refractivity (Wildman–Crippen MR) is 86.5 cm³/mol. The number of rotatable bonds is 4. The van der Waals surface area contributed by atoms with E-state index in [2.05, 4.69) is 10.3 Å². The molecule has 2 aromatic rings. The molecule has 1 aromatic heterocycles. The average molecular weight is 332 g/mol. The number of nitrogens with two attached hydrogens (primary N) is 1. The molecule has 126 valence electrons. The minimum absolute atomic E-state index is 0.0401. The number of anilines is 2. The summed E-state index contributed by atoms with van der Waals surface area (Å²) in [5.41, 5.74) is 5.81. The Balaban J connectivity index is 1.65. The standard InChI is InChI=1S/C16H17FN4O3/c1-23-12-8-21(9-12)16(22)20-15-7-11(4-5-19-15)24-14-3-2-10(18)6-13(14)17/h2-7,12H,8-9,18H2,1H3,(H,19,20,22). The monoisotopic (exact) mass is 332 g/mol. The van der Waals surface area contributed by atoms with E-state index in [0.717, 1.165) is 0 Å². The van der Waals surface area contributed by atoms with Crippen LogP contribution < -0.4 is 15.8 Å². The molecule has 1 aromatic carbocycles. The van der Waals surface area contributed by atoms with Crippen LogP contribution in [-0.4, -0.2) is 42.2 Å². The molecule has 3 rings (SSSR count). The number of carbonyl (C=O) groups excluding carboxylic acids is 1. The van der Waals surface area contributed by atoms with Crippen LogP contribution in [-0.2, 0) is 4.74 Å². The first kappa shape index (κ1) is 16.0. The summed E-state index contributed by atoms with van der Waals surface area (Å²) in [7, 11) is 1.61. The molecule has 1 aliphatic heterocycles. The van der Waals surface area contributed by atoms with Crippen molar-refractivity contribution in [2.24, 2.45) is 0 Å². The lowest BCUT2D eigenvalue weighted by molar-refractivity contribution is -0.00467. The number of likely N-dealkylation sites (tertiary alicyclic amines) is 1. The van der Waals surface area contributed by atoms with Crippen molar-refractivity contribution in [3.05, 3.63) is 42.3 Å². The maximum atomic E-state index is 13.8. The van der Waals surface area contributed by atoms with Gasteiger partial charge in [0.05, 0.1) is 19.2 Å². The van der Waals surface area contributed by atoms with Gasteiger partial charge < -0.3 is 20.1 Å². The zero-order valence-electron chi connectivity index (χ0n) is 13.0. The van der Waals surface area contributed by atoms with Gasteiger partial charge in [-0.2, -0.15) is 0 Å². The fourth-order valence-corrected chi connectivity index (χ4v) is 2.21. The molecule has 2 amide bonds. The Morgan fingerprint density at radius 2 is 2.17 bits per heavy atom. The first-order valence-electron chi connectivity index (χ1n) is 7.33. The van der Waals surface area contributed by atoms with E-state index >= 15 is 0 Å². The second-order valence-corrected chi connectivity index (χ2v) is 5.36. The van der Waals surface area contributed by atoms with Crippen molar-refractivity contribution in [3.8, 4) is 11.5 Å². The molecular weight excluding hydrogens is 315 g/mol. The molecule has 1 saturated heterocycles. The lowest BCUT2D eigenvalue weighted by atomic mass is 10.2. The second-order valence-electron chi connectivity index (χ2n) is 5.36. The van der Waals surface area contributed by atoms with Gasteiger partial charge >= 0.3 is 6.03 Å². The highest BCUT2D eigenvalue weighted by molar-refractivity contribution is 5.89. The summed E-state index contributed by atoms with van der Waals surface area (Å²) in [4.78, 5) is 17.7. The third kappa shape index (κ3) is 3.54. The SMILES string of the molecule is COC1CN(C(=O)Nc2cc(Oc3ccc(N)cc3F)ccn2)C1. The van der Waals surface area contributed by atoms with Crippen LogP contribution in [0.3, 0.4) is 0 Å². The summed E-state index contributed by atoms with van der Waals surface area (Å²) in [6.07, 6.45) is 1.54. The molecule has 0 atom stereocenters. The number of nitrogens with zero attached hydrogens (tertiary/aromatic N) is 2. The van der Waals surface area contributed by atoms with Gasteiger partial charge in [-0.15, -0.1) is 0 Å². The molecule has 7 nitrogen and oxygen atoms in total. The topological polar surface area (TPSA) is 89.7 Å².